The van der Waals surface area contributed by atoms with Crippen LogP contribution in [0.25, 0.3) is 0 Å². The van der Waals surface area contributed by atoms with Gasteiger partial charge in [-0.1, -0.05) is 26.7 Å². The van der Waals surface area contributed by atoms with Gasteiger partial charge < -0.3 is 10.6 Å². The zero-order valence-corrected chi connectivity index (χ0v) is 11.4. The van der Waals surface area contributed by atoms with E-state index < -0.39 is 0 Å². The van der Waals surface area contributed by atoms with Crippen molar-refractivity contribution in [1.82, 2.24) is 4.98 Å². The number of nitrogens with two attached hydrogens (primary N) is 1. The quantitative estimate of drug-likeness (QED) is 0.787. The Labute approximate surface area is 105 Å². The van der Waals surface area contributed by atoms with E-state index in [4.69, 9.17) is 5.73 Å². The van der Waals surface area contributed by atoms with E-state index in [-0.39, 0.29) is 0 Å². The maximum absolute atomic E-state index is 5.75. The Bertz CT molecular complexity index is 328. The molecule has 0 amide bonds. The summed E-state index contributed by atoms with van der Waals surface area (Å²) in [4.78, 5) is 6.88. The second kappa shape index (κ2) is 7.15. The number of pyridine rings is 1. The van der Waals surface area contributed by atoms with Crippen molar-refractivity contribution in [2.24, 2.45) is 0 Å². The number of nitrogens with zero attached hydrogens (tertiary/aromatic N) is 2. The van der Waals surface area contributed by atoms with Crippen molar-refractivity contribution in [3.05, 3.63) is 17.8 Å². The molecule has 0 aliphatic carbocycles. The van der Waals surface area contributed by atoms with E-state index in [1.54, 1.807) is 6.20 Å². The number of anilines is 2. The fraction of sp³-hybridized carbons (Fsp3) is 0.643. The summed E-state index contributed by atoms with van der Waals surface area (Å²) >= 11 is 0. The molecule has 0 aromatic carbocycles. The zero-order valence-electron chi connectivity index (χ0n) is 11.4. The number of nitrogen functional groups attached to an aromatic ring is 1. The summed E-state index contributed by atoms with van der Waals surface area (Å²) in [7, 11) is 0. The first-order valence-electron chi connectivity index (χ1n) is 6.66. The van der Waals surface area contributed by atoms with Gasteiger partial charge in [0, 0.05) is 13.1 Å². The van der Waals surface area contributed by atoms with Crippen LogP contribution in [0.1, 0.15) is 45.1 Å². The lowest BCUT2D eigenvalue weighted by atomic mass is 10.2. The molecule has 0 saturated heterocycles. The summed E-state index contributed by atoms with van der Waals surface area (Å²) in [6, 6.07) is 2.01. The largest absolute Gasteiger partial charge is 0.397 e. The summed E-state index contributed by atoms with van der Waals surface area (Å²) in [5, 5.41) is 0. The number of aryl methyl sites for hydroxylation is 1. The van der Waals surface area contributed by atoms with Crippen molar-refractivity contribution in [3.8, 4) is 0 Å². The molecule has 2 N–H and O–H groups in total. The van der Waals surface area contributed by atoms with Gasteiger partial charge in [0.25, 0.3) is 0 Å². The summed E-state index contributed by atoms with van der Waals surface area (Å²) in [6.45, 7) is 8.72. The number of rotatable bonds is 7. The van der Waals surface area contributed by atoms with Crippen molar-refractivity contribution in [2.75, 3.05) is 23.7 Å². The topological polar surface area (TPSA) is 42.2 Å². The predicted molar refractivity (Wildman–Crippen MR) is 75.4 cm³/mol. The molecule has 1 rings (SSSR count). The van der Waals surface area contributed by atoms with Crippen LogP contribution in [0.2, 0.25) is 0 Å². The standard InChI is InChI=1S/C14H25N3/c1-4-6-8-17(9-7-5-2)14-12(3)10-13(15)11-16-14/h10-11H,4-9,15H2,1-3H3. The van der Waals surface area contributed by atoms with Crippen LogP contribution in [0.4, 0.5) is 11.5 Å². The minimum Gasteiger partial charge on any atom is -0.397 e. The molecule has 0 spiro atoms. The van der Waals surface area contributed by atoms with Crippen molar-refractivity contribution in [3.63, 3.8) is 0 Å². The van der Waals surface area contributed by atoms with Crippen LogP contribution in [0.3, 0.4) is 0 Å². The van der Waals surface area contributed by atoms with Gasteiger partial charge in [0.15, 0.2) is 0 Å². The molecular weight excluding hydrogens is 210 g/mol. The normalized spacial score (nSPS) is 10.5. The summed E-state index contributed by atoms with van der Waals surface area (Å²) in [5.41, 5.74) is 7.67. The molecule has 1 aromatic rings. The third kappa shape index (κ3) is 4.25. The highest BCUT2D eigenvalue weighted by molar-refractivity contribution is 5.52. The van der Waals surface area contributed by atoms with Crippen molar-refractivity contribution in [1.29, 1.82) is 0 Å². The maximum atomic E-state index is 5.75. The van der Waals surface area contributed by atoms with Gasteiger partial charge in [0.05, 0.1) is 11.9 Å². The summed E-state index contributed by atoms with van der Waals surface area (Å²) in [6.07, 6.45) is 6.63. The Kier molecular flexibility index (Phi) is 5.81. The Hall–Kier alpha value is -1.25. The highest BCUT2D eigenvalue weighted by Gasteiger charge is 2.09. The Morgan fingerprint density at radius 1 is 1.18 bits per heavy atom. The summed E-state index contributed by atoms with van der Waals surface area (Å²) in [5.74, 6) is 1.10. The van der Waals surface area contributed by atoms with Gasteiger partial charge in [-0.2, -0.15) is 0 Å². The second-order valence-corrected chi connectivity index (χ2v) is 4.60. The second-order valence-electron chi connectivity index (χ2n) is 4.60. The average Bonchev–Trinajstić information content (AvgIpc) is 2.30. The lowest BCUT2D eigenvalue weighted by molar-refractivity contribution is 0.670. The molecule has 0 saturated carbocycles. The molecule has 3 heteroatoms. The third-order valence-electron chi connectivity index (χ3n) is 2.93. The molecule has 0 aliphatic rings. The van der Waals surface area contributed by atoms with E-state index in [0.29, 0.717) is 0 Å². The Morgan fingerprint density at radius 2 is 1.76 bits per heavy atom. The number of hydrogen-bond donors (Lipinski definition) is 1. The van der Waals surface area contributed by atoms with E-state index >= 15 is 0 Å². The van der Waals surface area contributed by atoms with E-state index in [9.17, 15) is 0 Å². The number of unbranched alkanes of at least 4 members (excludes halogenated alkanes) is 2. The lowest BCUT2D eigenvalue weighted by Crippen LogP contribution is -2.27. The minimum absolute atomic E-state index is 0.747. The highest BCUT2D eigenvalue weighted by atomic mass is 15.2. The van der Waals surface area contributed by atoms with Crippen molar-refractivity contribution in [2.45, 2.75) is 46.5 Å². The first-order chi connectivity index (χ1) is 8.19. The van der Waals surface area contributed by atoms with Crippen LogP contribution in [0.5, 0.6) is 0 Å². The van der Waals surface area contributed by atoms with Gasteiger partial charge in [-0.3, -0.25) is 0 Å². The molecule has 3 nitrogen and oxygen atoms in total. The fourth-order valence-electron chi connectivity index (χ4n) is 1.94. The van der Waals surface area contributed by atoms with Crippen molar-refractivity contribution >= 4 is 11.5 Å². The number of aromatic nitrogens is 1. The highest BCUT2D eigenvalue weighted by Crippen LogP contribution is 2.19. The molecule has 1 aromatic heterocycles. The van der Waals surface area contributed by atoms with Crippen LogP contribution in [-0.2, 0) is 0 Å². The Morgan fingerprint density at radius 3 is 2.24 bits per heavy atom. The van der Waals surface area contributed by atoms with Crippen LogP contribution in [0, 0.1) is 6.92 Å². The van der Waals surface area contributed by atoms with Gasteiger partial charge >= 0.3 is 0 Å². The first kappa shape index (κ1) is 13.8. The van der Waals surface area contributed by atoms with Crippen LogP contribution >= 0.6 is 0 Å². The van der Waals surface area contributed by atoms with E-state index in [2.05, 4.69) is 30.7 Å². The van der Waals surface area contributed by atoms with Crippen LogP contribution in [-0.4, -0.2) is 18.1 Å². The molecule has 0 aliphatic heterocycles. The molecule has 0 fully saturated rings. The van der Waals surface area contributed by atoms with Gasteiger partial charge in [0.2, 0.25) is 0 Å². The average molecular weight is 235 g/mol. The first-order valence-corrected chi connectivity index (χ1v) is 6.66. The molecule has 96 valence electrons. The van der Waals surface area contributed by atoms with Gasteiger partial charge in [-0.05, 0) is 31.4 Å². The van der Waals surface area contributed by atoms with Crippen molar-refractivity contribution < 1.29 is 0 Å². The predicted octanol–water partition coefficient (Wildman–Crippen LogP) is 3.38. The SMILES string of the molecule is CCCCN(CCCC)c1ncc(N)cc1C. The molecule has 0 unspecified atom stereocenters. The maximum Gasteiger partial charge on any atom is 0.131 e. The molecule has 0 atom stereocenters. The van der Waals surface area contributed by atoms with Crippen LogP contribution < -0.4 is 10.6 Å². The molecular formula is C14H25N3. The third-order valence-corrected chi connectivity index (χ3v) is 2.93. The van der Waals surface area contributed by atoms with Gasteiger partial charge in [-0.15, -0.1) is 0 Å². The zero-order chi connectivity index (χ0) is 12.7. The smallest absolute Gasteiger partial charge is 0.131 e. The lowest BCUT2D eigenvalue weighted by Gasteiger charge is -2.25. The molecule has 1 heterocycles. The van der Waals surface area contributed by atoms with Crippen LogP contribution in [0.15, 0.2) is 12.3 Å². The Balaban J connectivity index is 2.79. The van der Waals surface area contributed by atoms with Gasteiger partial charge in [0.1, 0.15) is 5.82 Å². The minimum atomic E-state index is 0.747. The number of hydrogen-bond acceptors (Lipinski definition) is 3. The fourth-order valence-corrected chi connectivity index (χ4v) is 1.94. The monoisotopic (exact) mass is 235 g/mol. The molecule has 0 bridgehead atoms. The molecule has 17 heavy (non-hydrogen) atoms. The van der Waals surface area contributed by atoms with Gasteiger partial charge in [-0.25, -0.2) is 4.98 Å². The van der Waals surface area contributed by atoms with E-state index in [0.717, 1.165) is 24.6 Å². The van der Waals surface area contributed by atoms with E-state index in [1.165, 1.54) is 31.2 Å². The molecule has 0 radical (unpaired) electrons. The van der Waals surface area contributed by atoms with E-state index in [1.807, 2.05) is 6.07 Å². The summed E-state index contributed by atoms with van der Waals surface area (Å²) < 4.78 is 0.